The Hall–Kier alpha value is -1.13. The predicted molar refractivity (Wildman–Crippen MR) is 70.6 cm³/mol. The molecule has 0 spiro atoms. The van der Waals surface area contributed by atoms with Gasteiger partial charge in [-0.1, -0.05) is 19.3 Å². The molecule has 0 aliphatic heterocycles. The van der Waals surface area contributed by atoms with Crippen LogP contribution in [0.15, 0.2) is 12.3 Å². The summed E-state index contributed by atoms with van der Waals surface area (Å²) in [4.78, 5) is 8.33. The summed E-state index contributed by atoms with van der Waals surface area (Å²) in [7, 11) is 0. The van der Waals surface area contributed by atoms with Crippen LogP contribution in [-0.2, 0) is 6.61 Å². The molecule has 2 aromatic rings. The number of nitrogens with zero attached hydrogens (tertiary/aromatic N) is 3. The van der Waals surface area contributed by atoms with E-state index in [1.54, 1.807) is 6.20 Å². The monoisotopic (exact) mass is 265 g/mol. The molecule has 18 heavy (non-hydrogen) atoms. The van der Waals surface area contributed by atoms with Gasteiger partial charge in [0.25, 0.3) is 0 Å². The Kier molecular flexibility index (Phi) is 3.22. The van der Waals surface area contributed by atoms with Crippen LogP contribution in [0.3, 0.4) is 0 Å². The first-order valence-corrected chi connectivity index (χ1v) is 6.80. The fourth-order valence-electron chi connectivity index (χ4n) is 2.91. The summed E-state index contributed by atoms with van der Waals surface area (Å²) in [6, 6.07) is 2.39. The standard InChI is InChI=1S/C13H16ClN3O/c14-13-15-7-9-6-11(8-18)17(12(9)16-13)10-4-2-1-3-5-10/h6-7,10,18H,1-5,8H2. The molecule has 2 heterocycles. The Morgan fingerprint density at radius 2 is 2.11 bits per heavy atom. The molecule has 0 saturated heterocycles. The van der Waals surface area contributed by atoms with Crippen LogP contribution in [-0.4, -0.2) is 19.6 Å². The number of hydrogen-bond acceptors (Lipinski definition) is 3. The highest BCUT2D eigenvalue weighted by Crippen LogP contribution is 2.33. The number of aliphatic hydroxyl groups excluding tert-OH is 1. The number of aromatic nitrogens is 3. The number of hydrogen-bond donors (Lipinski definition) is 1. The van der Waals surface area contributed by atoms with Gasteiger partial charge in [0.1, 0.15) is 5.65 Å². The molecule has 5 heteroatoms. The third-order valence-electron chi connectivity index (χ3n) is 3.73. The van der Waals surface area contributed by atoms with E-state index in [9.17, 15) is 5.11 Å². The minimum absolute atomic E-state index is 0.0322. The van der Waals surface area contributed by atoms with Gasteiger partial charge in [0.2, 0.25) is 5.28 Å². The highest BCUT2D eigenvalue weighted by atomic mass is 35.5. The lowest BCUT2D eigenvalue weighted by molar-refractivity contribution is 0.258. The minimum Gasteiger partial charge on any atom is -0.390 e. The number of fused-ring (bicyclic) bond motifs is 1. The Labute approximate surface area is 111 Å². The maximum atomic E-state index is 9.52. The second-order valence-corrected chi connectivity index (χ2v) is 5.21. The van der Waals surface area contributed by atoms with E-state index in [-0.39, 0.29) is 11.9 Å². The van der Waals surface area contributed by atoms with Gasteiger partial charge >= 0.3 is 0 Å². The van der Waals surface area contributed by atoms with Crippen molar-refractivity contribution in [1.82, 2.24) is 14.5 Å². The fourth-order valence-corrected chi connectivity index (χ4v) is 3.04. The summed E-state index contributed by atoms with van der Waals surface area (Å²) in [5.41, 5.74) is 1.76. The predicted octanol–water partition coefficient (Wildman–Crippen LogP) is 3.08. The Morgan fingerprint density at radius 1 is 1.33 bits per heavy atom. The third-order valence-corrected chi connectivity index (χ3v) is 3.91. The van der Waals surface area contributed by atoms with Crippen molar-refractivity contribution in [2.24, 2.45) is 0 Å². The molecule has 96 valence electrons. The summed E-state index contributed by atoms with van der Waals surface area (Å²) in [5.74, 6) is 0. The number of halogens is 1. The van der Waals surface area contributed by atoms with Crippen LogP contribution in [0.5, 0.6) is 0 Å². The highest BCUT2D eigenvalue weighted by molar-refractivity contribution is 6.28. The van der Waals surface area contributed by atoms with Gasteiger partial charge in [-0.2, -0.15) is 4.98 Å². The van der Waals surface area contributed by atoms with Gasteiger partial charge in [0.05, 0.1) is 6.61 Å². The lowest BCUT2D eigenvalue weighted by Crippen LogP contribution is -2.15. The molecule has 0 atom stereocenters. The summed E-state index contributed by atoms with van der Waals surface area (Å²) in [5, 5.41) is 10.7. The van der Waals surface area contributed by atoms with Gasteiger partial charge in [-0.3, -0.25) is 0 Å². The van der Waals surface area contributed by atoms with Crippen LogP contribution in [0.4, 0.5) is 0 Å². The lowest BCUT2D eigenvalue weighted by atomic mass is 9.95. The van der Waals surface area contributed by atoms with E-state index in [0.29, 0.717) is 6.04 Å². The van der Waals surface area contributed by atoms with Crippen molar-refractivity contribution in [2.75, 3.05) is 0 Å². The van der Waals surface area contributed by atoms with Crippen molar-refractivity contribution < 1.29 is 5.11 Å². The molecule has 1 N–H and O–H groups in total. The highest BCUT2D eigenvalue weighted by Gasteiger charge is 2.21. The van der Waals surface area contributed by atoms with Crippen LogP contribution in [0.2, 0.25) is 5.28 Å². The van der Waals surface area contributed by atoms with Crippen molar-refractivity contribution in [3.63, 3.8) is 0 Å². The molecular weight excluding hydrogens is 250 g/mol. The van der Waals surface area contributed by atoms with Crippen LogP contribution in [0, 0.1) is 0 Å². The van der Waals surface area contributed by atoms with Crippen molar-refractivity contribution in [3.05, 3.63) is 23.2 Å². The summed E-state index contributed by atoms with van der Waals surface area (Å²) in [6.07, 6.45) is 7.82. The first-order valence-electron chi connectivity index (χ1n) is 6.43. The van der Waals surface area contributed by atoms with E-state index in [1.807, 2.05) is 6.07 Å². The summed E-state index contributed by atoms with van der Waals surface area (Å²) < 4.78 is 2.15. The molecule has 0 aromatic carbocycles. The van der Waals surface area contributed by atoms with Gasteiger partial charge in [-0.15, -0.1) is 0 Å². The van der Waals surface area contributed by atoms with Gasteiger partial charge in [0, 0.05) is 23.3 Å². The zero-order chi connectivity index (χ0) is 12.5. The maximum Gasteiger partial charge on any atom is 0.224 e. The first-order chi connectivity index (χ1) is 8.79. The third kappa shape index (κ3) is 1.99. The van der Waals surface area contributed by atoms with Crippen LogP contribution < -0.4 is 0 Å². The Morgan fingerprint density at radius 3 is 2.83 bits per heavy atom. The molecule has 0 unspecified atom stereocenters. The molecule has 0 radical (unpaired) electrons. The maximum absolute atomic E-state index is 9.52. The zero-order valence-electron chi connectivity index (χ0n) is 10.1. The SMILES string of the molecule is OCc1cc2cnc(Cl)nc2n1C1CCCCC1. The summed E-state index contributed by atoms with van der Waals surface area (Å²) >= 11 is 5.88. The molecular formula is C13H16ClN3O. The molecule has 1 aliphatic carbocycles. The van der Waals surface area contributed by atoms with Crippen molar-refractivity contribution >= 4 is 22.6 Å². The zero-order valence-corrected chi connectivity index (χ0v) is 10.9. The second-order valence-electron chi connectivity index (χ2n) is 4.87. The average Bonchev–Trinajstić information content (AvgIpc) is 2.77. The Bertz CT molecular complexity index is 561. The molecule has 0 amide bonds. The molecule has 4 nitrogen and oxygen atoms in total. The van der Waals surface area contributed by atoms with Crippen LogP contribution in [0.1, 0.15) is 43.8 Å². The molecule has 1 saturated carbocycles. The van der Waals surface area contributed by atoms with Gasteiger partial charge in [0.15, 0.2) is 0 Å². The van der Waals surface area contributed by atoms with Gasteiger partial charge in [-0.25, -0.2) is 4.98 Å². The van der Waals surface area contributed by atoms with Crippen molar-refractivity contribution in [2.45, 2.75) is 44.8 Å². The minimum atomic E-state index is 0.0322. The topological polar surface area (TPSA) is 50.9 Å². The second kappa shape index (κ2) is 4.86. The molecule has 0 bridgehead atoms. The van der Waals surface area contributed by atoms with E-state index in [1.165, 1.54) is 19.3 Å². The largest absolute Gasteiger partial charge is 0.390 e. The molecule has 2 aromatic heterocycles. The van der Waals surface area contributed by atoms with Crippen molar-refractivity contribution in [1.29, 1.82) is 0 Å². The van der Waals surface area contributed by atoms with E-state index < -0.39 is 0 Å². The van der Waals surface area contributed by atoms with Gasteiger partial charge in [-0.05, 0) is 30.5 Å². The fraction of sp³-hybridized carbons (Fsp3) is 0.538. The van der Waals surface area contributed by atoms with Crippen molar-refractivity contribution in [3.8, 4) is 0 Å². The van der Waals surface area contributed by atoms with Gasteiger partial charge < -0.3 is 9.67 Å². The quantitative estimate of drug-likeness (QED) is 0.849. The molecule has 1 aliphatic rings. The van der Waals surface area contributed by atoms with E-state index in [4.69, 9.17) is 11.6 Å². The number of rotatable bonds is 2. The van der Waals surface area contributed by atoms with E-state index in [0.717, 1.165) is 29.6 Å². The normalized spacial score (nSPS) is 17.4. The lowest BCUT2D eigenvalue weighted by Gasteiger charge is -2.25. The van der Waals surface area contributed by atoms with Crippen LogP contribution >= 0.6 is 11.6 Å². The molecule has 1 fully saturated rings. The van der Waals surface area contributed by atoms with E-state index in [2.05, 4.69) is 14.5 Å². The number of aliphatic hydroxyl groups is 1. The smallest absolute Gasteiger partial charge is 0.224 e. The van der Waals surface area contributed by atoms with Crippen LogP contribution in [0.25, 0.3) is 11.0 Å². The average molecular weight is 266 g/mol. The first kappa shape index (κ1) is 11.9. The Balaban J connectivity index is 2.14. The summed E-state index contributed by atoms with van der Waals surface area (Å²) in [6.45, 7) is 0.0322. The molecule has 3 rings (SSSR count). The van der Waals surface area contributed by atoms with E-state index >= 15 is 0 Å².